The number of aromatic nitrogens is 2. The van der Waals surface area contributed by atoms with Crippen molar-refractivity contribution in [3.8, 4) is 0 Å². The van der Waals surface area contributed by atoms with Crippen molar-refractivity contribution in [2.45, 2.75) is 32.1 Å². The van der Waals surface area contributed by atoms with E-state index >= 15 is 0 Å². The number of nitrogens with zero attached hydrogens (tertiary/aromatic N) is 3. The molecule has 2 amide bonds. The molecule has 5 N–H and O–H groups in total. The topological polar surface area (TPSA) is 166 Å². The van der Waals surface area contributed by atoms with E-state index in [0.29, 0.717) is 30.8 Å². The molecule has 0 fully saturated rings. The lowest BCUT2D eigenvalue weighted by Gasteiger charge is -2.21. The number of benzene rings is 2. The third-order valence-corrected chi connectivity index (χ3v) is 7.42. The molecule has 1 aromatic heterocycles. The van der Waals surface area contributed by atoms with Gasteiger partial charge in [0.1, 0.15) is 10.8 Å². The first-order chi connectivity index (χ1) is 19.5. The molecule has 1 heterocycles. The van der Waals surface area contributed by atoms with Gasteiger partial charge in [0, 0.05) is 25.6 Å². The Morgan fingerprint density at radius 3 is 2.49 bits per heavy atom. The average molecular weight is 608 g/mol. The molecule has 0 radical (unpaired) electrons. The Labute approximate surface area is 242 Å². The van der Waals surface area contributed by atoms with Gasteiger partial charge in [-0.25, -0.2) is 23.3 Å². The summed E-state index contributed by atoms with van der Waals surface area (Å²) in [5, 5.41) is 17.1. The standard InChI is InChI=1S/C26H31ClFN7O5S/c1-35(41(2,39)40)22-10-7-6-9-21(22)31-24-18(27)16-30-26(33-24)32-20-13-12-17(15-19(20)28)25(37)29-14-8-4-3-5-11-23(36)34-38/h6-7,9-10,12-13,15-16,38H,3-5,8,11,14H2,1-2H3,(H,29,37)(H,34,36)(H2,30,31,32,33). The number of para-hydroxylation sites is 2. The highest BCUT2D eigenvalue weighted by atomic mass is 35.5. The summed E-state index contributed by atoms with van der Waals surface area (Å²) < 4.78 is 40.0. The van der Waals surface area contributed by atoms with Crippen LogP contribution in [0.15, 0.2) is 48.7 Å². The molecule has 41 heavy (non-hydrogen) atoms. The van der Waals surface area contributed by atoms with Crippen molar-refractivity contribution in [2.24, 2.45) is 0 Å². The zero-order valence-electron chi connectivity index (χ0n) is 22.4. The maximum Gasteiger partial charge on any atom is 0.251 e. The molecule has 0 aliphatic heterocycles. The fourth-order valence-electron chi connectivity index (χ4n) is 3.68. The van der Waals surface area contributed by atoms with Crippen molar-refractivity contribution in [3.05, 3.63) is 65.1 Å². The molecule has 0 aliphatic rings. The van der Waals surface area contributed by atoms with Crippen molar-refractivity contribution in [1.29, 1.82) is 0 Å². The summed E-state index contributed by atoms with van der Waals surface area (Å²) in [4.78, 5) is 31.7. The monoisotopic (exact) mass is 607 g/mol. The van der Waals surface area contributed by atoms with E-state index in [4.69, 9.17) is 16.8 Å². The lowest BCUT2D eigenvalue weighted by atomic mass is 10.1. The highest BCUT2D eigenvalue weighted by Gasteiger charge is 2.17. The number of nitrogens with one attached hydrogen (secondary N) is 4. The number of halogens is 2. The normalized spacial score (nSPS) is 11.0. The van der Waals surface area contributed by atoms with Crippen molar-refractivity contribution in [3.63, 3.8) is 0 Å². The molecule has 15 heteroatoms. The maximum atomic E-state index is 14.8. The Hall–Kier alpha value is -4.01. The Morgan fingerprint density at radius 1 is 1.05 bits per heavy atom. The zero-order valence-corrected chi connectivity index (χ0v) is 24.0. The first-order valence-electron chi connectivity index (χ1n) is 12.6. The third-order valence-electron chi connectivity index (χ3n) is 5.96. The fourth-order valence-corrected chi connectivity index (χ4v) is 4.33. The van der Waals surface area contributed by atoms with E-state index in [-0.39, 0.29) is 34.5 Å². The summed E-state index contributed by atoms with van der Waals surface area (Å²) in [5.74, 6) is -1.39. The molecule has 0 saturated heterocycles. The average Bonchev–Trinajstić information content (AvgIpc) is 2.94. The van der Waals surface area contributed by atoms with Crippen molar-refractivity contribution in [2.75, 3.05) is 34.8 Å². The van der Waals surface area contributed by atoms with E-state index in [2.05, 4.69) is 25.9 Å². The smallest absolute Gasteiger partial charge is 0.251 e. The molecule has 0 bridgehead atoms. The lowest BCUT2D eigenvalue weighted by molar-refractivity contribution is -0.129. The minimum Gasteiger partial charge on any atom is -0.352 e. The van der Waals surface area contributed by atoms with Crippen LogP contribution in [0, 0.1) is 5.82 Å². The number of unbranched alkanes of at least 4 members (excludes halogenated alkanes) is 3. The van der Waals surface area contributed by atoms with Gasteiger partial charge >= 0.3 is 0 Å². The number of hydroxylamine groups is 1. The lowest BCUT2D eigenvalue weighted by Crippen LogP contribution is -2.25. The summed E-state index contributed by atoms with van der Waals surface area (Å²) in [5.41, 5.74) is 2.53. The minimum absolute atomic E-state index is 0.0124. The molecule has 2 aromatic carbocycles. The van der Waals surface area contributed by atoms with E-state index in [9.17, 15) is 22.4 Å². The zero-order chi connectivity index (χ0) is 30.0. The van der Waals surface area contributed by atoms with Crippen LogP contribution in [-0.2, 0) is 14.8 Å². The molecule has 0 unspecified atom stereocenters. The number of sulfonamides is 1. The SMILES string of the molecule is CN(c1ccccc1Nc1nc(Nc2ccc(C(=O)NCCCCCCC(=O)NO)cc2F)ncc1Cl)S(C)(=O)=O. The highest BCUT2D eigenvalue weighted by molar-refractivity contribution is 7.92. The molecule has 3 aromatic rings. The number of carbonyl (C=O) groups excluding carboxylic acids is 2. The Bertz CT molecular complexity index is 1490. The molecule has 3 rings (SSSR count). The summed E-state index contributed by atoms with van der Waals surface area (Å²) in [6.45, 7) is 0.393. The number of anilines is 5. The van der Waals surface area contributed by atoms with Gasteiger partial charge in [0.2, 0.25) is 21.9 Å². The van der Waals surface area contributed by atoms with Crippen LogP contribution in [0.25, 0.3) is 0 Å². The van der Waals surface area contributed by atoms with E-state index in [1.165, 1.54) is 25.4 Å². The summed E-state index contributed by atoms with van der Waals surface area (Å²) in [7, 11) is -2.11. The predicted octanol–water partition coefficient (Wildman–Crippen LogP) is 4.34. The van der Waals surface area contributed by atoms with Gasteiger partial charge in [0.25, 0.3) is 5.91 Å². The van der Waals surface area contributed by atoms with Crippen LogP contribution in [0.2, 0.25) is 5.02 Å². The number of hydrogen-bond acceptors (Lipinski definition) is 9. The second kappa shape index (κ2) is 14.6. The van der Waals surface area contributed by atoms with E-state index < -0.39 is 27.7 Å². The third kappa shape index (κ3) is 9.27. The van der Waals surface area contributed by atoms with Gasteiger partial charge in [-0.05, 0) is 43.2 Å². The summed E-state index contributed by atoms with van der Waals surface area (Å²) in [6.07, 6.45) is 5.50. The van der Waals surface area contributed by atoms with E-state index in [1.807, 2.05) is 0 Å². The largest absolute Gasteiger partial charge is 0.352 e. The van der Waals surface area contributed by atoms with Gasteiger partial charge in [-0.15, -0.1) is 0 Å². The van der Waals surface area contributed by atoms with Gasteiger partial charge < -0.3 is 16.0 Å². The van der Waals surface area contributed by atoms with Crippen LogP contribution in [-0.4, -0.2) is 55.3 Å². The predicted molar refractivity (Wildman–Crippen MR) is 155 cm³/mol. The van der Waals surface area contributed by atoms with Crippen LogP contribution in [0.4, 0.5) is 33.2 Å². The van der Waals surface area contributed by atoms with Crippen molar-refractivity contribution in [1.82, 2.24) is 20.8 Å². The maximum absolute atomic E-state index is 14.8. The second-order valence-electron chi connectivity index (χ2n) is 9.04. The summed E-state index contributed by atoms with van der Waals surface area (Å²) in [6, 6.07) is 10.6. The molecule has 0 atom stereocenters. The van der Waals surface area contributed by atoms with Crippen molar-refractivity contribution >= 4 is 62.3 Å². The number of rotatable bonds is 14. The van der Waals surface area contributed by atoms with Gasteiger partial charge in [0.05, 0.1) is 29.5 Å². The molecule has 0 aliphatic carbocycles. The van der Waals surface area contributed by atoms with Crippen LogP contribution >= 0.6 is 11.6 Å². The number of carbonyl (C=O) groups is 2. The Kier molecular flexibility index (Phi) is 11.2. The number of amides is 2. The van der Waals surface area contributed by atoms with Crippen LogP contribution in [0.3, 0.4) is 0 Å². The van der Waals surface area contributed by atoms with E-state index in [1.54, 1.807) is 29.7 Å². The molecular weight excluding hydrogens is 577 g/mol. The molecule has 0 saturated carbocycles. The van der Waals surface area contributed by atoms with Crippen LogP contribution in [0.1, 0.15) is 42.5 Å². The van der Waals surface area contributed by atoms with Crippen LogP contribution < -0.4 is 25.7 Å². The molecule has 220 valence electrons. The Balaban J connectivity index is 1.62. The quantitative estimate of drug-likeness (QED) is 0.102. The highest BCUT2D eigenvalue weighted by Crippen LogP contribution is 2.32. The first kappa shape index (κ1) is 31.5. The van der Waals surface area contributed by atoms with E-state index in [0.717, 1.165) is 29.5 Å². The second-order valence-corrected chi connectivity index (χ2v) is 11.5. The van der Waals surface area contributed by atoms with Gasteiger partial charge in [-0.3, -0.25) is 19.1 Å². The first-order valence-corrected chi connectivity index (χ1v) is 14.8. The summed E-state index contributed by atoms with van der Waals surface area (Å²) >= 11 is 6.26. The minimum atomic E-state index is -3.53. The van der Waals surface area contributed by atoms with Gasteiger partial charge in [0.15, 0.2) is 5.82 Å². The number of hydrogen-bond donors (Lipinski definition) is 5. The molecule has 0 spiro atoms. The van der Waals surface area contributed by atoms with Gasteiger partial charge in [-0.1, -0.05) is 36.6 Å². The Morgan fingerprint density at radius 2 is 1.78 bits per heavy atom. The van der Waals surface area contributed by atoms with Crippen molar-refractivity contribution < 1.29 is 27.6 Å². The molecule has 12 nitrogen and oxygen atoms in total. The molecular formula is C26H31ClFN7O5S. The fraction of sp³-hybridized carbons (Fsp3) is 0.308. The van der Waals surface area contributed by atoms with Crippen LogP contribution in [0.5, 0.6) is 0 Å². The van der Waals surface area contributed by atoms with Gasteiger partial charge in [-0.2, -0.15) is 4.98 Å².